The molecule has 1 N–H and O–H groups in total. The molecule has 2 aliphatic rings. The number of nitrogens with one attached hydrogen (secondary N) is 1. The van der Waals surface area contributed by atoms with Crippen LogP contribution >= 0.6 is 0 Å². The molecule has 0 aliphatic carbocycles. The zero-order valence-electron chi connectivity index (χ0n) is 15.4. The largest absolute Gasteiger partial charge is 0.326 e. The Hall–Kier alpha value is -2.93. The molecule has 1 saturated heterocycles. The highest BCUT2D eigenvalue weighted by atomic mass is 16.6. The molecule has 27 heavy (non-hydrogen) atoms. The Morgan fingerprint density at radius 1 is 1.26 bits per heavy atom. The predicted molar refractivity (Wildman–Crippen MR) is 104 cm³/mol. The second-order valence-corrected chi connectivity index (χ2v) is 7.39. The summed E-state index contributed by atoms with van der Waals surface area (Å²) in [6.07, 6.45) is 0.900. The Balaban J connectivity index is 1.65. The topological polar surface area (TPSA) is 78.7 Å². The number of anilines is 2. The number of non-ortho nitro benzene ring substituents is 1. The summed E-state index contributed by atoms with van der Waals surface area (Å²) < 4.78 is 0. The fourth-order valence-corrected chi connectivity index (χ4v) is 4.23. The number of likely N-dealkylation sites (tertiary alicyclic amines) is 1. The van der Waals surface area contributed by atoms with Gasteiger partial charge in [0.2, 0.25) is 0 Å². The first-order chi connectivity index (χ1) is 12.9. The zero-order chi connectivity index (χ0) is 19.1. The lowest BCUT2D eigenvalue weighted by Gasteiger charge is -2.36. The van der Waals surface area contributed by atoms with Gasteiger partial charge in [0, 0.05) is 42.0 Å². The average Bonchev–Trinajstić information content (AvgIpc) is 2.95. The number of fused-ring (bicyclic) bond motifs is 3. The molecule has 0 saturated carbocycles. The van der Waals surface area contributed by atoms with Crippen LogP contribution in [0.5, 0.6) is 0 Å². The summed E-state index contributed by atoms with van der Waals surface area (Å²) in [5, 5.41) is 13.8. The second kappa shape index (κ2) is 6.66. The van der Waals surface area contributed by atoms with Gasteiger partial charge in [-0.3, -0.25) is 15.0 Å². The molecule has 0 radical (unpaired) electrons. The predicted octanol–water partition coefficient (Wildman–Crippen LogP) is 3.74. The molecule has 2 aromatic carbocycles. The third-order valence-corrected chi connectivity index (χ3v) is 5.48. The number of hydrogen-bond donors (Lipinski definition) is 1. The minimum atomic E-state index is -0.462. The van der Waals surface area contributed by atoms with E-state index in [-0.39, 0.29) is 23.7 Å². The van der Waals surface area contributed by atoms with Crippen LogP contribution in [0, 0.1) is 17.0 Å². The van der Waals surface area contributed by atoms with E-state index in [1.807, 2.05) is 17.0 Å². The fraction of sp³-hybridized carbons (Fsp3) is 0.350. The van der Waals surface area contributed by atoms with Gasteiger partial charge >= 0.3 is 6.03 Å². The number of nitro benzene ring substituents is 1. The normalized spacial score (nSPS) is 21.5. The van der Waals surface area contributed by atoms with Gasteiger partial charge in [0.15, 0.2) is 0 Å². The van der Waals surface area contributed by atoms with Gasteiger partial charge in [0.25, 0.3) is 5.69 Å². The lowest BCUT2D eigenvalue weighted by Crippen LogP contribution is -2.48. The Morgan fingerprint density at radius 3 is 2.85 bits per heavy atom. The number of urea groups is 1. The Labute approximate surface area is 157 Å². The highest BCUT2D eigenvalue weighted by Gasteiger charge is 2.44. The number of rotatable bonds is 2. The molecule has 0 aromatic heterocycles. The van der Waals surface area contributed by atoms with Gasteiger partial charge in [0.05, 0.1) is 4.92 Å². The Kier molecular flexibility index (Phi) is 4.31. The molecular formula is C20H22N4O3. The molecule has 2 amide bonds. The molecule has 4 rings (SSSR count). The van der Waals surface area contributed by atoms with Crippen LogP contribution in [0.4, 0.5) is 21.9 Å². The average molecular weight is 366 g/mol. The lowest BCUT2D eigenvalue weighted by atomic mass is 9.89. The summed E-state index contributed by atoms with van der Waals surface area (Å²) in [6, 6.07) is 12.1. The zero-order valence-corrected chi connectivity index (χ0v) is 15.4. The van der Waals surface area contributed by atoms with Crippen LogP contribution in [0.15, 0.2) is 42.5 Å². The lowest BCUT2D eigenvalue weighted by molar-refractivity contribution is -0.384. The summed E-state index contributed by atoms with van der Waals surface area (Å²) in [5.41, 5.74) is 3.72. The molecule has 0 bridgehead atoms. The third-order valence-electron chi connectivity index (χ3n) is 5.48. The van der Waals surface area contributed by atoms with E-state index in [2.05, 4.69) is 30.3 Å². The summed E-state index contributed by atoms with van der Waals surface area (Å²) in [6.45, 7) is 3.92. The van der Waals surface area contributed by atoms with Gasteiger partial charge in [-0.15, -0.1) is 0 Å². The smallest absolute Gasteiger partial charge is 0.307 e. The van der Waals surface area contributed by atoms with Crippen molar-refractivity contribution in [3.63, 3.8) is 0 Å². The number of hydrogen-bond acceptors (Lipinski definition) is 4. The summed E-state index contributed by atoms with van der Waals surface area (Å²) in [5.74, 6) is 0.287. The maximum absolute atomic E-state index is 13.1. The van der Waals surface area contributed by atoms with E-state index in [9.17, 15) is 14.9 Å². The van der Waals surface area contributed by atoms with Crippen molar-refractivity contribution in [2.24, 2.45) is 0 Å². The van der Waals surface area contributed by atoms with Gasteiger partial charge in [-0.1, -0.05) is 23.8 Å². The van der Waals surface area contributed by atoms with Crippen LogP contribution in [0.3, 0.4) is 0 Å². The monoisotopic (exact) mass is 366 g/mol. The van der Waals surface area contributed by atoms with Crippen molar-refractivity contribution in [2.45, 2.75) is 25.3 Å². The summed E-state index contributed by atoms with van der Waals surface area (Å²) in [7, 11) is 2.11. The van der Waals surface area contributed by atoms with Crippen molar-refractivity contribution in [3.8, 4) is 0 Å². The summed E-state index contributed by atoms with van der Waals surface area (Å²) in [4.78, 5) is 27.8. The first kappa shape index (κ1) is 17.5. The number of benzene rings is 2. The number of amides is 2. The van der Waals surface area contributed by atoms with Crippen LogP contribution in [0.1, 0.15) is 23.5 Å². The molecule has 2 heterocycles. The Morgan fingerprint density at radius 2 is 2.07 bits per heavy atom. The van der Waals surface area contributed by atoms with Crippen LogP contribution < -0.4 is 10.2 Å². The van der Waals surface area contributed by atoms with Crippen LogP contribution in [-0.2, 0) is 0 Å². The maximum atomic E-state index is 13.1. The standard InChI is InChI=1S/C20H22N4O3/c1-13-6-7-18-16(10-13)17-12-22(2)9-8-19(17)23(18)20(25)21-14-4-3-5-15(11-14)24(26)27/h3-7,10-11,17,19H,8-9,12H2,1-2H3,(H,21,25)/t17-,19-/m1/s1. The highest BCUT2D eigenvalue weighted by molar-refractivity contribution is 6.04. The number of piperidine rings is 1. The quantitative estimate of drug-likeness (QED) is 0.649. The first-order valence-electron chi connectivity index (χ1n) is 9.08. The van der Waals surface area contributed by atoms with Gasteiger partial charge < -0.3 is 10.2 Å². The minimum absolute atomic E-state index is 0.0394. The van der Waals surface area contributed by atoms with Gasteiger partial charge in [-0.25, -0.2) is 4.79 Å². The van der Waals surface area contributed by atoms with Crippen molar-refractivity contribution < 1.29 is 9.72 Å². The summed E-state index contributed by atoms with van der Waals surface area (Å²) >= 11 is 0. The number of likely N-dealkylation sites (N-methyl/N-ethyl adjacent to an activating group) is 1. The molecule has 140 valence electrons. The molecule has 1 fully saturated rings. The van der Waals surface area contributed by atoms with Gasteiger partial charge in [0.1, 0.15) is 0 Å². The van der Waals surface area contributed by atoms with E-state index in [1.54, 1.807) is 12.1 Å². The van der Waals surface area contributed by atoms with Crippen LogP contribution in [-0.4, -0.2) is 42.0 Å². The van der Waals surface area contributed by atoms with Crippen LogP contribution in [0.2, 0.25) is 0 Å². The Bertz CT molecular complexity index is 914. The molecule has 7 nitrogen and oxygen atoms in total. The van der Waals surface area contributed by atoms with E-state index in [1.165, 1.54) is 23.3 Å². The van der Waals surface area contributed by atoms with Crippen molar-refractivity contribution >= 4 is 23.1 Å². The fourth-order valence-electron chi connectivity index (χ4n) is 4.23. The van der Waals surface area contributed by atoms with Gasteiger partial charge in [-0.05, 0) is 44.6 Å². The molecule has 2 aliphatic heterocycles. The number of nitrogens with zero attached hydrogens (tertiary/aromatic N) is 3. The third kappa shape index (κ3) is 3.14. The van der Waals surface area contributed by atoms with E-state index in [0.717, 1.165) is 25.2 Å². The minimum Gasteiger partial charge on any atom is -0.307 e. The molecule has 2 atom stereocenters. The number of aryl methyl sites for hydroxylation is 1. The molecule has 2 aromatic rings. The van der Waals surface area contributed by atoms with E-state index in [4.69, 9.17) is 0 Å². The first-order valence-corrected chi connectivity index (χ1v) is 9.08. The van der Waals surface area contributed by atoms with E-state index < -0.39 is 4.92 Å². The van der Waals surface area contributed by atoms with Crippen molar-refractivity contribution in [1.29, 1.82) is 0 Å². The van der Waals surface area contributed by atoms with E-state index in [0.29, 0.717) is 5.69 Å². The molecule has 0 spiro atoms. The molecular weight excluding hydrogens is 344 g/mol. The SMILES string of the molecule is Cc1ccc2c(c1)[C@H]1CN(C)CC[C@H]1N2C(=O)Nc1cccc([N+](=O)[O-])c1. The second-order valence-electron chi connectivity index (χ2n) is 7.39. The van der Waals surface area contributed by atoms with Crippen LogP contribution in [0.25, 0.3) is 0 Å². The van der Waals surface area contributed by atoms with Crippen molar-refractivity contribution in [2.75, 3.05) is 30.4 Å². The maximum Gasteiger partial charge on any atom is 0.326 e. The number of carbonyl (C=O) groups excluding carboxylic acids is 1. The van der Waals surface area contributed by atoms with Crippen molar-refractivity contribution in [1.82, 2.24) is 4.90 Å². The van der Waals surface area contributed by atoms with E-state index >= 15 is 0 Å². The number of carbonyl (C=O) groups is 1. The highest BCUT2D eigenvalue weighted by Crippen LogP contribution is 2.45. The number of nitro groups is 1. The van der Waals surface area contributed by atoms with Gasteiger partial charge in [-0.2, -0.15) is 0 Å². The van der Waals surface area contributed by atoms with Crippen molar-refractivity contribution in [3.05, 3.63) is 63.7 Å². The molecule has 7 heteroatoms. The molecule has 0 unspecified atom stereocenters.